The Morgan fingerprint density at radius 2 is 1.71 bits per heavy atom. The maximum absolute atomic E-state index is 14.7. The van der Waals surface area contributed by atoms with Crippen LogP contribution < -0.4 is 9.64 Å². The zero-order chi connectivity index (χ0) is 34.7. The molecule has 11 heteroatoms. The molecule has 0 saturated carbocycles. The van der Waals surface area contributed by atoms with Crippen LogP contribution in [0.15, 0.2) is 78.9 Å². The van der Waals surface area contributed by atoms with Crippen molar-refractivity contribution >= 4 is 29.4 Å². The Kier molecular flexibility index (Phi) is 10.2. The summed E-state index contributed by atoms with van der Waals surface area (Å²) in [5.41, 5.74) is -0.0754. The highest BCUT2D eigenvalue weighted by Gasteiger charge is 2.71. The van der Waals surface area contributed by atoms with E-state index in [1.807, 2.05) is 49.4 Å². The lowest BCUT2D eigenvalue weighted by atomic mass is 9.77. The number of amides is 3. The molecule has 2 saturated heterocycles. The second kappa shape index (κ2) is 14.6. The zero-order valence-corrected chi connectivity index (χ0v) is 28.3. The summed E-state index contributed by atoms with van der Waals surface area (Å²) in [6.45, 7) is 2.38. The van der Waals surface area contributed by atoms with Gasteiger partial charge in [0.1, 0.15) is 29.4 Å². The van der Waals surface area contributed by atoms with Crippen LogP contribution in [0.2, 0.25) is 0 Å². The van der Waals surface area contributed by atoms with Crippen molar-refractivity contribution in [2.45, 2.75) is 68.9 Å². The fraction of sp³-hybridized carbons (Fsp3) is 0.474. The molecule has 2 aromatic carbocycles. The van der Waals surface area contributed by atoms with Gasteiger partial charge in [-0.2, -0.15) is 0 Å². The van der Waals surface area contributed by atoms with Gasteiger partial charge < -0.3 is 34.0 Å². The summed E-state index contributed by atoms with van der Waals surface area (Å²) in [7, 11) is 3.28. The molecule has 260 valence electrons. The lowest BCUT2D eigenvalue weighted by Crippen LogP contribution is -2.55. The summed E-state index contributed by atoms with van der Waals surface area (Å²) in [6, 6.07) is 14.9. The number of allylic oxidation sites excluding steroid dienone is 1. The molecule has 0 unspecified atom stereocenters. The summed E-state index contributed by atoms with van der Waals surface area (Å²) < 4.78 is 18.5. The molecule has 1 N–H and O–H groups in total. The number of aliphatic hydroxyl groups excluding tert-OH is 1. The molecule has 2 aromatic rings. The Morgan fingerprint density at radius 1 is 0.959 bits per heavy atom. The Bertz CT molecular complexity index is 1590. The van der Waals surface area contributed by atoms with Crippen molar-refractivity contribution in [2.24, 2.45) is 11.8 Å². The number of methoxy groups -OCH3 is 1. The molecule has 6 rings (SSSR count). The van der Waals surface area contributed by atoms with Crippen LogP contribution in [0.5, 0.6) is 5.75 Å². The maximum Gasteiger partial charge on any atom is 0.313 e. The van der Waals surface area contributed by atoms with Crippen molar-refractivity contribution in [1.82, 2.24) is 9.80 Å². The lowest BCUT2D eigenvalue weighted by molar-refractivity contribution is -0.164. The number of cyclic esters (lactones) is 1. The van der Waals surface area contributed by atoms with Gasteiger partial charge in [-0.25, -0.2) is 0 Å². The van der Waals surface area contributed by atoms with Gasteiger partial charge in [-0.15, -0.1) is 0 Å². The summed E-state index contributed by atoms with van der Waals surface area (Å²) in [4.78, 5) is 61.9. The average molecular weight is 672 g/mol. The fourth-order valence-corrected chi connectivity index (χ4v) is 7.69. The molecular weight excluding hydrogens is 626 g/mol. The van der Waals surface area contributed by atoms with E-state index in [-0.39, 0.29) is 43.8 Å². The minimum absolute atomic E-state index is 0.0314. The maximum atomic E-state index is 14.7. The number of esters is 1. The molecule has 2 fully saturated rings. The van der Waals surface area contributed by atoms with Crippen molar-refractivity contribution < 1.29 is 38.5 Å². The first kappa shape index (κ1) is 34.4. The van der Waals surface area contributed by atoms with Gasteiger partial charge in [0.2, 0.25) is 11.8 Å². The molecule has 0 bridgehead atoms. The smallest absolute Gasteiger partial charge is 0.313 e. The fourth-order valence-electron chi connectivity index (χ4n) is 7.69. The summed E-state index contributed by atoms with van der Waals surface area (Å²) in [5, 5.41) is 9.39. The van der Waals surface area contributed by atoms with Gasteiger partial charge in [-0.1, -0.05) is 54.6 Å². The van der Waals surface area contributed by atoms with E-state index in [1.165, 1.54) is 0 Å². The van der Waals surface area contributed by atoms with Gasteiger partial charge in [0.05, 0.1) is 25.2 Å². The standard InChI is InChI=1S/C38H45N3O8/c1-25-33(26-13-6-4-7-14-26)48-37(46)31-29(15-8-9-16-30(43)39(25)2)49-38-21-12-23-40(27-17-19-28(47-3)20-18-27)36(45)34(38)41(35(44)32(31)38)22-10-5-11-24-42/h4,6-8,12-15,17-21,25,29,31-34,42H,5,9-11,16,22-24H2,1-3H3/b15-8-/t25-,29-,31+,32+,33+,34-,38+/m0/s1. The molecule has 49 heavy (non-hydrogen) atoms. The number of anilines is 1. The third kappa shape index (κ3) is 6.37. The summed E-state index contributed by atoms with van der Waals surface area (Å²) in [5.74, 6) is -2.78. The highest BCUT2D eigenvalue weighted by Crippen LogP contribution is 2.53. The van der Waals surface area contributed by atoms with E-state index in [1.54, 1.807) is 65.3 Å². The average Bonchev–Trinajstić information content (AvgIpc) is 3.50. The van der Waals surface area contributed by atoms with Crippen molar-refractivity contribution in [2.75, 3.05) is 38.8 Å². The van der Waals surface area contributed by atoms with Crippen molar-refractivity contribution in [1.29, 1.82) is 0 Å². The van der Waals surface area contributed by atoms with Crippen LogP contribution in [0.1, 0.15) is 50.7 Å². The normalized spacial score (nSPS) is 30.9. The number of carbonyl (C=O) groups excluding carboxylic acids is 4. The second-order valence-electron chi connectivity index (χ2n) is 13.2. The van der Waals surface area contributed by atoms with Crippen molar-refractivity contribution in [3.63, 3.8) is 0 Å². The van der Waals surface area contributed by atoms with E-state index in [0.717, 1.165) is 5.56 Å². The van der Waals surface area contributed by atoms with Gasteiger partial charge in [0.15, 0.2) is 0 Å². The summed E-state index contributed by atoms with van der Waals surface area (Å²) >= 11 is 0. The number of rotatable bonds is 8. The topological polar surface area (TPSA) is 126 Å². The first-order valence-corrected chi connectivity index (χ1v) is 17.1. The molecule has 1 spiro atoms. The number of hydrogen-bond donors (Lipinski definition) is 1. The largest absolute Gasteiger partial charge is 0.497 e. The Hall–Kier alpha value is -4.48. The molecule has 4 aliphatic heterocycles. The van der Waals surface area contributed by atoms with Crippen LogP contribution in [-0.2, 0) is 28.7 Å². The van der Waals surface area contributed by atoms with E-state index in [9.17, 15) is 24.3 Å². The van der Waals surface area contributed by atoms with E-state index in [0.29, 0.717) is 37.1 Å². The van der Waals surface area contributed by atoms with E-state index < -0.39 is 47.7 Å². The molecular formula is C38H45N3O8. The van der Waals surface area contributed by atoms with Gasteiger partial charge >= 0.3 is 5.97 Å². The first-order chi connectivity index (χ1) is 23.7. The van der Waals surface area contributed by atoms with Gasteiger partial charge in [-0.3, -0.25) is 19.2 Å². The molecule has 4 heterocycles. The Morgan fingerprint density at radius 3 is 2.43 bits per heavy atom. The van der Waals surface area contributed by atoms with Crippen LogP contribution in [-0.4, -0.2) is 96.2 Å². The second-order valence-corrected chi connectivity index (χ2v) is 13.2. The summed E-state index contributed by atoms with van der Waals surface area (Å²) in [6.07, 6.45) is 7.99. The minimum atomic E-state index is -1.44. The van der Waals surface area contributed by atoms with E-state index >= 15 is 0 Å². The monoisotopic (exact) mass is 671 g/mol. The SMILES string of the molecule is COc1ccc(N2CC=C[C@@]34O[C@H]5/C=C\CCC(=O)N(C)[C@@H](C)[C@H](c6ccccc6)OC(=O)[C@H]5[C@@H]3C(=O)N(CCCCCO)[C@H]4C2=O)cc1. The van der Waals surface area contributed by atoms with E-state index in [4.69, 9.17) is 14.2 Å². The van der Waals surface area contributed by atoms with Crippen LogP contribution in [0.25, 0.3) is 0 Å². The number of carbonyl (C=O) groups is 4. The predicted molar refractivity (Wildman–Crippen MR) is 181 cm³/mol. The predicted octanol–water partition coefficient (Wildman–Crippen LogP) is 3.82. The van der Waals surface area contributed by atoms with Crippen molar-refractivity contribution in [3.05, 3.63) is 84.5 Å². The highest BCUT2D eigenvalue weighted by molar-refractivity contribution is 6.05. The molecule has 0 aromatic heterocycles. The molecule has 11 nitrogen and oxygen atoms in total. The van der Waals surface area contributed by atoms with Crippen LogP contribution in [0.3, 0.4) is 0 Å². The van der Waals surface area contributed by atoms with Crippen molar-refractivity contribution in [3.8, 4) is 5.75 Å². The Balaban J connectivity index is 1.42. The van der Waals surface area contributed by atoms with Gasteiger partial charge in [0.25, 0.3) is 5.91 Å². The van der Waals surface area contributed by atoms with Gasteiger partial charge in [0, 0.05) is 38.9 Å². The number of nitrogens with zero attached hydrogens (tertiary/aromatic N) is 3. The number of hydrogen-bond acceptors (Lipinski definition) is 8. The number of ether oxygens (including phenoxy) is 3. The number of aliphatic hydroxyl groups is 1. The third-order valence-corrected chi connectivity index (χ3v) is 10.4. The number of fused-ring (bicyclic) bond motifs is 2. The molecule has 3 amide bonds. The number of benzene rings is 2. The number of likely N-dealkylation sites (tertiary alicyclic amines) is 1. The first-order valence-electron chi connectivity index (χ1n) is 17.1. The van der Waals surface area contributed by atoms with Gasteiger partial charge in [-0.05, 0) is 62.4 Å². The lowest BCUT2D eigenvalue weighted by Gasteiger charge is -2.35. The zero-order valence-electron chi connectivity index (χ0n) is 28.3. The third-order valence-electron chi connectivity index (χ3n) is 10.4. The Labute approximate surface area is 287 Å². The van der Waals surface area contributed by atoms with Crippen LogP contribution in [0.4, 0.5) is 5.69 Å². The van der Waals surface area contributed by atoms with E-state index in [2.05, 4.69) is 0 Å². The molecule has 0 aliphatic carbocycles. The van der Waals surface area contributed by atoms with Crippen LogP contribution in [0, 0.1) is 11.8 Å². The minimum Gasteiger partial charge on any atom is -0.497 e. The molecule has 4 aliphatic rings. The number of unbranched alkanes of at least 4 members (excludes halogenated alkanes) is 2. The highest BCUT2D eigenvalue weighted by atomic mass is 16.6. The van der Waals surface area contributed by atoms with Crippen LogP contribution >= 0.6 is 0 Å². The molecule has 7 atom stereocenters. The number of likely N-dealkylation sites (N-methyl/N-ethyl adjacent to an activating group) is 1. The molecule has 0 radical (unpaired) electrons. The quantitative estimate of drug-likeness (QED) is 0.255.